The summed E-state index contributed by atoms with van der Waals surface area (Å²) >= 11 is 5.39. The fraction of sp³-hybridized carbons (Fsp3) is 0.917. The zero-order valence-electron chi connectivity index (χ0n) is 12.9. The Bertz CT molecular complexity index is 445. The van der Waals surface area contributed by atoms with Gasteiger partial charge in [0.15, 0.2) is 12.0 Å². The van der Waals surface area contributed by atoms with Crippen LogP contribution in [-0.2, 0) is 4.74 Å². The van der Waals surface area contributed by atoms with Gasteiger partial charge in [0.2, 0.25) is 0 Å². The zero-order valence-corrected chi connectivity index (χ0v) is 13.7. The van der Waals surface area contributed by atoms with Gasteiger partial charge in [-0.2, -0.15) is 5.01 Å². The molecule has 1 unspecified atom stereocenters. The van der Waals surface area contributed by atoms with Crippen LogP contribution in [0.15, 0.2) is 5.29 Å². The van der Waals surface area contributed by atoms with Crippen LogP contribution >= 0.6 is 11.6 Å². The summed E-state index contributed by atoms with van der Waals surface area (Å²) in [5.41, 5.74) is 0. The van der Waals surface area contributed by atoms with E-state index in [4.69, 9.17) is 16.3 Å². The maximum Gasteiger partial charge on any atom is 0.342 e. The molecule has 1 saturated heterocycles. The number of urea groups is 1. The molecule has 1 rings (SSSR count). The molecule has 6 N–H and O–H groups in total. The molecule has 0 saturated carbocycles. The predicted molar refractivity (Wildman–Crippen MR) is 80.5 cm³/mol. The van der Waals surface area contributed by atoms with Gasteiger partial charge >= 0.3 is 6.03 Å². The summed E-state index contributed by atoms with van der Waals surface area (Å²) in [5.74, 6) is -2.30. The number of nitrogens with one attached hydrogen (secondary N) is 1. The molecule has 0 bridgehead atoms. The van der Waals surface area contributed by atoms with Gasteiger partial charge in [-0.15, -0.1) is 16.5 Å². The van der Waals surface area contributed by atoms with Crippen LogP contribution in [0.5, 0.6) is 0 Å². The van der Waals surface area contributed by atoms with Gasteiger partial charge in [-0.25, -0.2) is 4.79 Å². The first-order valence-corrected chi connectivity index (χ1v) is 7.85. The molecule has 0 radical (unpaired) electrons. The Kier molecular flexibility index (Phi) is 7.73. The third kappa shape index (κ3) is 4.51. The second-order valence-electron chi connectivity index (χ2n) is 5.39. The van der Waals surface area contributed by atoms with Gasteiger partial charge < -0.3 is 35.6 Å². The third-order valence-electron chi connectivity index (χ3n) is 3.63. The first kappa shape index (κ1) is 21.0. The average molecular weight is 372 g/mol. The smallest absolute Gasteiger partial charge is 0.342 e. The molecule has 12 heteroatoms. The van der Waals surface area contributed by atoms with E-state index in [1.165, 1.54) is 0 Å². The lowest BCUT2D eigenvalue weighted by molar-refractivity contribution is -0.359. The van der Waals surface area contributed by atoms with Crippen molar-refractivity contribution >= 4 is 17.6 Å². The molecule has 0 aliphatic carbocycles. The minimum Gasteiger partial charge on any atom is -0.387 e. The van der Waals surface area contributed by atoms with Crippen molar-refractivity contribution in [2.24, 2.45) is 5.29 Å². The largest absolute Gasteiger partial charge is 0.387 e. The van der Waals surface area contributed by atoms with Crippen LogP contribution in [0.1, 0.15) is 19.8 Å². The minimum atomic E-state index is -2.22. The number of nitroso groups, excluding NO2 is 1. The normalized spacial score (nSPS) is 34.5. The second-order valence-corrected chi connectivity index (χ2v) is 5.77. The molecule has 1 heterocycles. The number of carbonyl (C=O) groups excluding carboxylic acids is 1. The van der Waals surface area contributed by atoms with Crippen molar-refractivity contribution in [1.82, 2.24) is 10.3 Å². The van der Waals surface area contributed by atoms with E-state index < -0.39 is 42.5 Å². The quantitative estimate of drug-likeness (QED) is 0.132. The number of carbonyl (C=O) groups is 1. The van der Waals surface area contributed by atoms with Crippen molar-refractivity contribution < 1.29 is 35.1 Å². The number of rotatable bonds is 7. The first-order chi connectivity index (χ1) is 11.2. The minimum absolute atomic E-state index is 0.0844. The number of halogens is 1. The van der Waals surface area contributed by atoms with Crippen molar-refractivity contribution in [2.75, 3.05) is 12.4 Å². The lowest BCUT2D eigenvalue weighted by Crippen LogP contribution is -2.68. The van der Waals surface area contributed by atoms with Gasteiger partial charge in [0.1, 0.15) is 24.4 Å². The average Bonchev–Trinajstić information content (AvgIpc) is 2.54. The van der Waals surface area contributed by atoms with E-state index in [-0.39, 0.29) is 18.8 Å². The molecule has 0 aromatic carbocycles. The molecule has 1 aliphatic heterocycles. The van der Waals surface area contributed by atoms with E-state index in [0.29, 0.717) is 11.4 Å². The first-order valence-electron chi connectivity index (χ1n) is 7.31. The van der Waals surface area contributed by atoms with Crippen molar-refractivity contribution in [2.45, 2.75) is 56.2 Å². The second kappa shape index (κ2) is 8.85. The molecule has 0 aromatic heterocycles. The molecule has 11 nitrogen and oxygen atoms in total. The number of amides is 2. The highest BCUT2D eigenvalue weighted by Crippen LogP contribution is 2.32. The van der Waals surface area contributed by atoms with Gasteiger partial charge in [-0.05, 0) is 0 Å². The molecule has 140 valence electrons. The van der Waals surface area contributed by atoms with E-state index in [1.54, 1.807) is 6.92 Å². The standard InChI is InChI=1S/C12H22ClN3O8/c1-2-3-12(22)9(19)7(18)6(17)8(24-12)10(20)14-11(21)16(15-23)5-4-13/h6-10,17-20,22H,2-5H2,1H3,(H,14,21)/t6-,7-,8-,9+,10?,12+/m0/s1. The Labute approximate surface area is 142 Å². The number of alkyl halides is 1. The monoisotopic (exact) mass is 371 g/mol. The summed E-state index contributed by atoms with van der Waals surface area (Å²) in [7, 11) is 0. The van der Waals surface area contributed by atoms with Crippen LogP contribution in [0.3, 0.4) is 0 Å². The maximum absolute atomic E-state index is 11.7. The highest BCUT2D eigenvalue weighted by Gasteiger charge is 2.54. The predicted octanol–water partition coefficient (Wildman–Crippen LogP) is -1.79. The molecular weight excluding hydrogens is 350 g/mol. The van der Waals surface area contributed by atoms with Crippen LogP contribution in [0.4, 0.5) is 4.79 Å². The molecule has 0 aromatic rings. The van der Waals surface area contributed by atoms with Crippen LogP contribution in [0, 0.1) is 4.91 Å². The summed E-state index contributed by atoms with van der Waals surface area (Å²) in [6.07, 6.45) is -8.73. The van der Waals surface area contributed by atoms with E-state index in [0.717, 1.165) is 0 Å². The topological polar surface area (TPSA) is 172 Å². The van der Waals surface area contributed by atoms with Crippen molar-refractivity contribution in [1.29, 1.82) is 0 Å². The van der Waals surface area contributed by atoms with Gasteiger partial charge in [0.25, 0.3) is 0 Å². The number of aliphatic hydroxyl groups is 5. The number of hydrogen-bond acceptors (Lipinski definition) is 9. The van der Waals surface area contributed by atoms with Crippen molar-refractivity contribution in [3.8, 4) is 0 Å². The Hall–Kier alpha value is -1.08. The Morgan fingerprint density at radius 2 is 2.04 bits per heavy atom. The molecule has 6 atom stereocenters. The third-order valence-corrected chi connectivity index (χ3v) is 3.80. The Morgan fingerprint density at radius 3 is 2.54 bits per heavy atom. The van der Waals surface area contributed by atoms with E-state index in [9.17, 15) is 35.2 Å². The van der Waals surface area contributed by atoms with E-state index >= 15 is 0 Å². The lowest BCUT2D eigenvalue weighted by atomic mass is 9.89. The molecule has 24 heavy (non-hydrogen) atoms. The summed E-state index contributed by atoms with van der Waals surface area (Å²) in [6, 6.07) is -1.12. The van der Waals surface area contributed by atoms with Crippen LogP contribution in [-0.4, -0.2) is 85.4 Å². The van der Waals surface area contributed by atoms with Crippen molar-refractivity contribution in [3.05, 3.63) is 4.91 Å². The summed E-state index contributed by atoms with van der Waals surface area (Å²) < 4.78 is 5.12. The Morgan fingerprint density at radius 1 is 1.42 bits per heavy atom. The highest BCUT2D eigenvalue weighted by atomic mass is 35.5. The van der Waals surface area contributed by atoms with Crippen LogP contribution in [0.2, 0.25) is 0 Å². The molecule has 0 spiro atoms. The van der Waals surface area contributed by atoms with Crippen LogP contribution < -0.4 is 5.32 Å². The fourth-order valence-electron chi connectivity index (χ4n) is 2.38. The maximum atomic E-state index is 11.7. The number of aliphatic hydroxyl groups excluding tert-OH is 4. The van der Waals surface area contributed by atoms with Gasteiger partial charge in [0.05, 0.1) is 11.8 Å². The molecular formula is C12H22ClN3O8. The molecule has 2 amide bonds. The van der Waals surface area contributed by atoms with Crippen molar-refractivity contribution in [3.63, 3.8) is 0 Å². The lowest BCUT2D eigenvalue weighted by Gasteiger charge is -2.47. The van der Waals surface area contributed by atoms with E-state index in [2.05, 4.69) is 5.29 Å². The summed E-state index contributed by atoms with van der Waals surface area (Å²) in [5, 5.41) is 54.6. The Balaban J connectivity index is 2.86. The highest BCUT2D eigenvalue weighted by molar-refractivity contribution is 6.18. The van der Waals surface area contributed by atoms with Crippen LogP contribution in [0.25, 0.3) is 0 Å². The van der Waals surface area contributed by atoms with E-state index in [1.807, 2.05) is 5.32 Å². The summed E-state index contributed by atoms with van der Waals surface area (Å²) in [4.78, 5) is 22.3. The van der Waals surface area contributed by atoms with Gasteiger partial charge in [-0.3, -0.25) is 0 Å². The molecule has 1 fully saturated rings. The SMILES string of the molecule is CCC[C@@]1(O)O[C@H](C(O)NC(=O)N(CCCl)N=O)[C@@H](O)[C@H](O)[C@H]1O. The van der Waals surface area contributed by atoms with Gasteiger partial charge in [0, 0.05) is 12.3 Å². The van der Waals surface area contributed by atoms with Gasteiger partial charge in [-0.1, -0.05) is 13.3 Å². The fourth-order valence-corrected chi connectivity index (χ4v) is 2.54. The zero-order chi connectivity index (χ0) is 18.5. The number of hydrogen-bond donors (Lipinski definition) is 6. The molecule has 1 aliphatic rings. The number of ether oxygens (including phenoxy) is 1. The summed E-state index contributed by atoms with van der Waals surface area (Å²) in [6.45, 7) is 1.46. The number of nitrogens with zero attached hydrogens (tertiary/aromatic N) is 2.